The van der Waals surface area contributed by atoms with Crippen molar-refractivity contribution in [2.24, 2.45) is 5.92 Å². The molecule has 3 fully saturated rings. The third-order valence-corrected chi connectivity index (χ3v) is 4.52. The fourth-order valence-electron chi connectivity index (χ4n) is 3.04. The molecule has 2 aliphatic carbocycles. The van der Waals surface area contributed by atoms with Gasteiger partial charge < -0.3 is 14.2 Å². The van der Waals surface area contributed by atoms with E-state index in [0.717, 1.165) is 45.1 Å². The molecule has 0 aromatic carbocycles. The summed E-state index contributed by atoms with van der Waals surface area (Å²) in [5, 5.41) is 3.50. The fourth-order valence-corrected chi connectivity index (χ4v) is 3.04. The molecule has 1 aliphatic heterocycles. The summed E-state index contributed by atoms with van der Waals surface area (Å²) >= 11 is 0. The topological polar surface area (TPSA) is 56.8 Å². The Hall–Kier alpha value is -0.650. The van der Waals surface area contributed by atoms with E-state index in [1.807, 2.05) is 0 Å². The molecule has 0 spiro atoms. The number of hydrogen-bond donors (Lipinski definition) is 1. The number of ether oxygens (including phenoxy) is 3. The van der Waals surface area contributed by atoms with Gasteiger partial charge in [-0.1, -0.05) is 0 Å². The van der Waals surface area contributed by atoms with E-state index in [-0.39, 0.29) is 12.1 Å². The van der Waals surface area contributed by atoms with Crippen molar-refractivity contribution >= 4 is 5.97 Å². The van der Waals surface area contributed by atoms with Crippen LogP contribution in [0.5, 0.6) is 0 Å². The number of nitrogens with one attached hydrogen (secondary N) is 1. The molecule has 0 aromatic rings. The van der Waals surface area contributed by atoms with Gasteiger partial charge in [0.15, 0.2) is 0 Å². The van der Waals surface area contributed by atoms with Crippen molar-refractivity contribution in [3.8, 4) is 0 Å². The highest BCUT2D eigenvalue weighted by molar-refractivity contribution is 5.82. The highest BCUT2D eigenvalue weighted by Gasteiger charge is 2.54. The molecule has 0 amide bonds. The molecule has 0 aromatic heterocycles. The first-order valence-electron chi connectivity index (χ1n) is 7.80. The molecule has 114 valence electrons. The Morgan fingerprint density at radius 3 is 2.65 bits per heavy atom. The van der Waals surface area contributed by atoms with Crippen LogP contribution >= 0.6 is 0 Å². The van der Waals surface area contributed by atoms with E-state index in [2.05, 4.69) is 5.32 Å². The van der Waals surface area contributed by atoms with E-state index in [9.17, 15) is 4.79 Å². The molecule has 1 heterocycles. The van der Waals surface area contributed by atoms with Gasteiger partial charge in [-0.15, -0.1) is 0 Å². The fraction of sp³-hybridized carbons (Fsp3) is 0.933. The van der Waals surface area contributed by atoms with E-state index in [1.54, 1.807) is 0 Å². The zero-order valence-corrected chi connectivity index (χ0v) is 12.2. The summed E-state index contributed by atoms with van der Waals surface area (Å²) < 4.78 is 16.5. The van der Waals surface area contributed by atoms with Crippen LogP contribution in [-0.2, 0) is 19.0 Å². The summed E-state index contributed by atoms with van der Waals surface area (Å²) in [6, 6.07) is 0.459. The van der Waals surface area contributed by atoms with Crippen molar-refractivity contribution in [3.05, 3.63) is 0 Å². The molecule has 1 saturated heterocycles. The first kappa shape index (κ1) is 14.3. The predicted octanol–water partition coefficient (Wildman–Crippen LogP) is 1.26. The molecule has 0 radical (unpaired) electrons. The van der Waals surface area contributed by atoms with Crippen LogP contribution in [-0.4, -0.2) is 50.6 Å². The van der Waals surface area contributed by atoms with E-state index in [1.165, 1.54) is 7.11 Å². The number of esters is 1. The Kier molecular flexibility index (Phi) is 4.29. The lowest BCUT2D eigenvalue weighted by molar-refractivity contribution is -0.154. The first-order chi connectivity index (χ1) is 9.74. The Bertz CT molecular complexity index is 348. The van der Waals surface area contributed by atoms with Gasteiger partial charge in [-0.25, -0.2) is 4.79 Å². The van der Waals surface area contributed by atoms with Gasteiger partial charge in [0, 0.05) is 12.6 Å². The number of carbonyl (C=O) groups excluding carboxylic acids is 1. The molecule has 5 heteroatoms. The monoisotopic (exact) mass is 283 g/mol. The molecule has 1 N–H and O–H groups in total. The molecule has 2 unspecified atom stereocenters. The molecule has 3 aliphatic rings. The molecule has 2 atom stereocenters. The highest BCUT2D eigenvalue weighted by Crippen LogP contribution is 2.42. The second kappa shape index (κ2) is 6.00. The maximum absolute atomic E-state index is 12.3. The molecule has 2 saturated carbocycles. The molecule has 3 rings (SSSR count). The summed E-state index contributed by atoms with van der Waals surface area (Å²) in [4.78, 5) is 12.3. The normalized spacial score (nSPS) is 29.1. The van der Waals surface area contributed by atoms with Crippen molar-refractivity contribution in [2.45, 2.75) is 56.2 Å². The van der Waals surface area contributed by atoms with Gasteiger partial charge in [0.2, 0.25) is 0 Å². The van der Waals surface area contributed by atoms with Crippen molar-refractivity contribution < 1.29 is 19.0 Å². The molecule has 20 heavy (non-hydrogen) atoms. The summed E-state index contributed by atoms with van der Waals surface area (Å²) in [5.41, 5.74) is -0.630. The van der Waals surface area contributed by atoms with Crippen LogP contribution in [0, 0.1) is 5.92 Å². The van der Waals surface area contributed by atoms with E-state index in [4.69, 9.17) is 14.2 Å². The van der Waals surface area contributed by atoms with Gasteiger partial charge in [0.05, 0.1) is 26.4 Å². The number of carbonyl (C=O) groups is 1. The lowest BCUT2D eigenvalue weighted by atomic mass is 9.93. The van der Waals surface area contributed by atoms with Gasteiger partial charge in [0.1, 0.15) is 5.54 Å². The standard InChI is InChI=1S/C15H25NO4/c1-18-14(17)15(11-4-5-11,16-12-6-7-12)10-19-9-13-3-2-8-20-13/h11-13,16H,2-10H2,1H3. The quantitative estimate of drug-likeness (QED) is 0.680. The molecule has 5 nitrogen and oxygen atoms in total. The predicted molar refractivity (Wildman–Crippen MR) is 73.4 cm³/mol. The minimum absolute atomic E-state index is 0.167. The third kappa shape index (κ3) is 3.15. The maximum Gasteiger partial charge on any atom is 0.328 e. The lowest BCUT2D eigenvalue weighted by Gasteiger charge is -2.32. The molecular formula is C15H25NO4. The SMILES string of the molecule is COC(=O)C(COCC1CCCO1)(NC1CC1)C1CC1. The Labute approximate surface area is 120 Å². The summed E-state index contributed by atoms with van der Waals surface area (Å²) in [7, 11) is 1.47. The number of hydrogen-bond acceptors (Lipinski definition) is 5. The third-order valence-electron chi connectivity index (χ3n) is 4.52. The van der Waals surface area contributed by atoms with Gasteiger partial charge in [-0.3, -0.25) is 5.32 Å². The minimum atomic E-state index is -0.630. The summed E-state index contributed by atoms with van der Waals surface area (Å²) in [6.07, 6.45) is 6.83. The van der Waals surface area contributed by atoms with Crippen molar-refractivity contribution in [2.75, 3.05) is 26.9 Å². The minimum Gasteiger partial charge on any atom is -0.468 e. The second-order valence-electron chi connectivity index (χ2n) is 6.31. The second-order valence-corrected chi connectivity index (χ2v) is 6.31. The average molecular weight is 283 g/mol. The lowest BCUT2D eigenvalue weighted by Crippen LogP contribution is -2.59. The molecule has 0 bridgehead atoms. The van der Waals surface area contributed by atoms with Crippen LogP contribution in [0.4, 0.5) is 0 Å². The Morgan fingerprint density at radius 2 is 2.10 bits per heavy atom. The van der Waals surface area contributed by atoms with Crippen LogP contribution in [0.25, 0.3) is 0 Å². The van der Waals surface area contributed by atoms with Crippen LogP contribution in [0.2, 0.25) is 0 Å². The van der Waals surface area contributed by atoms with Crippen molar-refractivity contribution in [1.29, 1.82) is 0 Å². The van der Waals surface area contributed by atoms with Crippen molar-refractivity contribution in [3.63, 3.8) is 0 Å². The maximum atomic E-state index is 12.3. The van der Waals surface area contributed by atoms with Gasteiger partial charge in [-0.05, 0) is 44.4 Å². The van der Waals surface area contributed by atoms with Crippen molar-refractivity contribution in [1.82, 2.24) is 5.32 Å². The number of methoxy groups -OCH3 is 1. The summed E-state index contributed by atoms with van der Waals surface area (Å²) in [5.74, 6) is 0.194. The Morgan fingerprint density at radius 1 is 1.30 bits per heavy atom. The highest BCUT2D eigenvalue weighted by atomic mass is 16.5. The average Bonchev–Trinajstić information content (AvgIpc) is 3.37. The van der Waals surface area contributed by atoms with Crippen LogP contribution in [0.15, 0.2) is 0 Å². The van der Waals surface area contributed by atoms with Crippen LogP contribution in [0.3, 0.4) is 0 Å². The number of rotatable bonds is 8. The zero-order chi connectivity index (χ0) is 14.0. The smallest absolute Gasteiger partial charge is 0.328 e. The van der Waals surface area contributed by atoms with E-state index < -0.39 is 5.54 Å². The summed E-state index contributed by atoms with van der Waals surface area (Å²) in [6.45, 7) is 1.82. The zero-order valence-electron chi connectivity index (χ0n) is 12.2. The van der Waals surface area contributed by atoms with Gasteiger partial charge in [0.25, 0.3) is 0 Å². The Balaban J connectivity index is 1.59. The van der Waals surface area contributed by atoms with E-state index in [0.29, 0.717) is 25.2 Å². The largest absolute Gasteiger partial charge is 0.468 e. The van der Waals surface area contributed by atoms with Crippen LogP contribution in [0.1, 0.15) is 38.5 Å². The van der Waals surface area contributed by atoms with Gasteiger partial charge >= 0.3 is 5.97 Å². The van der Waals surface area contributed by atoms with E-state index >= 15 is 0 Å². The van der Waals surface area contributed by atoms with Gasteiger partial charge in [-0.2, -0.15) is 0 Å². The molecular weight excluding hydrogens is 258 g/mol. The van der Waals surface area contributed by atoms with Crippen LogP contribution < -0.4 is 5.32 Å². The first-order valence-corrected chi connectivity index (χ1v) is 7.80.